The van der Waals surface area contributed by atoms with Crippen molar-refractivity contribution in [3.05, 3.63) is 40.9 Å². The molecule has 20 heavy (non-hydrogen) atoms. The first-order valence-corrected chi connectivity index (χ1v) is 6.32. The molecule has 0 unspecified atom stereocenters. The van der Waals surface area contributed by atoms with Crippen LogP contribution in [0, 0.1) is 5.82 Å². The molecule has 1 aromatic carbocycles. The van der Waals surface area contributed by atoms with Gasteiger partial charge in [-0.1, -0.05) is 17.7 Å². The molecule has 0 amide bonds. The third-order valence-corrected chi connectivity index (χ3v) is 3.11. The van der Waals surface area contributed by atoms with Crippen LogP contribution < -0.4 is 15.8 Å². The van der Waals surface area contributed by atoms with E-state index >= 15 is 0 Å². The molecule has 5 nitrogen and oxygen atoms in total. The van der Waals surface area contributed by atoms with Gasteiger partial charge >= 0.3 is 0 Å². The van der Waals surface area contributed by atoms with Gasteiger partial charge in [0.05, 0.1) is 7.11 Å². The molecule has 0 spiro atoms. The molecule has 0 saturated carbocycles. The topological polar surface area (TPSA) is 73.1 Å². The number of aromatic nitrogens is 2. The summed E-state index contributed by atoms with van der Waals surface area (Å²) in [6.45, 7) is 0.544. The molecule has 0 saturated heterocycles. The number of nitrogen functional groups attached to an aromatic ring is 1. The Kier molecular flexibility index (Phi) is 4.57. The van der Waals surface area contributed by atoms with E-state index < -0.39 is 0 Å². The maximum Gasteiger partial charge on any atom is 0.165 e. The van der Waals surface area contributed by atoms with Crippen molar-refractivity contribution in [2.24, 2.45) is 0 Å². The van der Waals surface area contributed by atoms with Crippen molar-refractivity contribution < 1.29 is 9.13 Å². The van der Waals surface area contributed by atoms with Gasteiger partial charge in [0.2, 0.25) is 0 Å². The van der Waals surface area contributed by atoms with Gasteiger partial charge in [-0.3, -0.25) is 0 Å². The van der Waals surface area contributed by atoms with Crippen LogP contribution in [0.1, 0.15) is 5.56 Å². The normalized spacial score (nSPS) is 10.3. The van der Waals surface area contributed by atoms with Crippen LogP contribution in [-0.4, -0.2) is 23.6 Å². The first kappa shape index (κ1) is 14.3. The van der Waals surface area contributed by atoms with E-state index in [-0.39, 0.29) is 22.4 Å². The standard InChI is InChI=1S/C13H14ClFN4O/c1-20-10-3-2-8(6-9(10)15)4-5-17-13-11(14)12(16)18-7-19-13/h2-3,6-7H,4-5H2,1H3,(H3,16,17,18,19). The molecule has 0 atom stereocenters. The third kappa shape index (κ3) is 3.27. The summed E-state index contributed by atoms with van der Waals surface area (Å²) >= 11 is 5.95. The van der Waals surface area contributed by atoms with E-state index in [0.29, 0.717) is 18.8 Å². The van der Waals surface area contributed by atoms with Crippen molar-refractivity contribution in [3.63, 3.8) is 0 Å². The van der Waals surface area contributed by atoms with Crippen molar-refractivity contribution in [1.82, 2.24) is 9.97 Å². The van der Waals surface area contributed by atoms with Crippen LogP contribution in [0.5, 0.6) is 5.75 Å². The lowest BCUT2D eigenvalue weighted by Gasteiger charge is -2.09. The van der Waals surface area contributed by atoms with Crippen molar-refractivity contribution in [2.75, 3.05) is 24.7 Å². The number of hydrogen-bond donors (Lipinski definition) is 2. The zero-order chi connectivity index (χ0) is 14.5. The predicted octanol–water partition coefficient (Wildman–Crippen LogP) is 2.51. The number of nitrogens with two attached hydrogens (primary N) is 1. The SMILES string of the molecule is COc1ccc(CCNc2ncnc(N)c2Cl)cc1F. The molecule has 2 aromatic rings. The van der Waals surface area contributed by atoms with Crippen molar-refractivity contribution in [2.45, 2.75) is 6.42 Å². The lowest BCUT2D eigenvalue weighted by molar-refractivity contribution is 0.386. The minimum atomic E-state index is -0.380. The highest BCUT2D eigenvalue weighted by Crippen LogP contribution is 2.23. The van der Waals surface area contributed by atoms with Gasteiger partial charge in [-0.05, 0) is 24.1 Å². The second-order valence-corrected chi connectivity index (χ2v) is 4.45. The molecule has 0 bridgehead atoms. The average molecular weight is 297 g/mol. The quantitative estimate of drug-likeness (QED) is 0.887. The third-order valence-electron chi connectivity index (χ3n) is 2.74. The molecule has 2 rings (SSSR count). The number of hydrogen-bond acceptors (Lipinski definition) is 5. The predicted molar refractivity (Wildman–Crippen MR) is 76.6 cm³/mol. The molecule has 3 N–H and O–H groups in total. The Bertz CT molecular complexity index is 609. The highest BCUT2D eigenvalue weighted by atomic mass is 35.5. The number of halogens is 2. The molecule has 0 aliphatic rings. The van der Waals surface area contributed by atoms with Crippen molar-refractivity contribution >= 4 is 23.2 Å². The minimum Gasteiger partial charge on any atom is -0.494 e. The Labute approximate surface area is 120 Å². The van der Waals surface area contributed by atoms with Gasteiger partial charge in [0, 0.05) is 6.54 Å². The van der Waals surface area contributed by atoms with Gasteiger partial charge < -0.3 is 15.8 Å². The monoisotopic (exact) mass is 296 g/mol. The summed E-state index contributed by atoms with van der Waals surface area (Å²) in [6, 6.07) is 4.84. The van der Waals surface area contributed by atoms with Gasteiger partial charge in [-0.15, -0.1) is 0 Å². The van der Waals surface area contributed by atoms with E-state index in [9.17, 15) is 4.39 Å². The molecule has 0 aliphatic carbocycles. The Morgan fingerprint density at radius 2 is 2.20 bits per heavy atom. The number of anilines is 2. The van der Waals surface area contributed by atoms with Crippen LogP contribution in [0.25, 0.3) is 0 Å². The first-order chi connectivity index (χ1) is 9.61. The van der Waals surface area contributed by atoms with Crippen LogP contribution >= 0.6 is 11.6 Å². The summed E-state index contributed by atoms with van der Waals surface area (Å²) in [5.74, 6) is 0.537. The van der Waals surface area contributed by atoms with Crippen LogP contribution in [0.4, 0.5) is 16.0 Å². The summed E-state index contributed by atoms with van der Waals surface area (Å²) < 4.78 is 18.4. The van der Waals surface area contributed by atoms with Crippen molar-refractivity contribution in [3.8, 4) is 5.75 Å². The fraction of sp³-hybridized carbons (Fsp3) is 0.231. The zero-order valence-corrected chi connectivity index (χ0v) is 11.6. The zero-order valence-electron chi connectivity index (χ0n) is 10.9. The van der Waals surface area contributed by atoms with Gasteiger partial charge in [0.25, 0.3) is 0 Å². The van der Waals surface area contributed by atoms with Crippen LogP contribution in [0.3, 0.4) is 0 Å². The number of benzene rings is 1. The lowest BCUT2D eigenvalue weighted by Crippen LogP contribution is -2.08. The Balaban J connectivity index is 1.96. The molecule has 1 heterocycles. The molecule has 0 radical (unpaired) electrons. The maximum atomic E-state index is 13.5. The van der Waals surface area contributed by atoms with Crippen LogP contribution in [-0.2, 0) is 6.42 Å². The number of ether oxygens (including phenoxy) is 1. The molecule has 7 heteroatoms. The van der Waals surface area contributed by atoms with Gasteiger partial charge in [-0.2, -0.15) is 0 Å². The van der Waals surface area contributed by atoms with E-state index in [0.717, 1.165) is 5.56 Å². The summed E-state index contributed by atoms with van der Waals surface area (Å²) in [7, 11) is 1.43. The van der Waals surface area contributed by atoms with Crippen LogP contribution in [0.2, 0.25) is 5.02 Å². The fourth-order valence-corrected chi connectivity index (χ4v) is 1.86. The summed E-state index contributed by atoms with van der Waals surface area (Å²) in [4.78, 5) is 7.75. The molecule has 0 fully saturated rings. The number of methoxy groups -OCH3 is 1. The first-order valence-electron chi connectivity index (χ1n) is 5.94. The van der Waals surface area contributed by atoms with Gasteiger partial charge in [0.1, 0.15) is 23.0 Å². The summed E-state index contributed by atoms with van der Waals surface area (Å²) in [5.41, 5.74) is 6.41. The summed E-state index contributed by atoms with van der Waals surface area (Å²) in [6.07, 6.45) is 1.94. The highest BCUT2D eigenvalue weighted by Gasteiger charge is 2.06. The minimum absolute atomic E-state index is 0.222. The van der Waals surface area contributed by atoms with E-state index in [1.807, 2.05) is 0 Å². The number of nitrogens with one attached hydrogen (secondary N) is 1. The number of nitrogens with zero attached hydrogens (tertiary/aromatic N) is 2. The maximum absolute atomic E-state index is 13.5. The van der Waals surface area contributed by atoms with E-state index in [4.69, 9.17) is 22.1 Å². The largest absolute Gasteiger partial charge is 0.494 e. The Morgan fingerprint density at radius 3 is 2.90 bits per heavy atom. The van der Waals surface area contributed by atoms with E-state index in [1.165, 1.54) is 19.5 Å². The van der Waals surface area contributed by atoms with E-state index in [1.54, 1.807) is 12.1 Å². The fourth-order valence-electron chi connectivity index (χ4n) is 1.70. The van der Waals surface area contributed by atoms with Crippen LogP contribution in [0.15, 0.2) is 24.5 Å². The van der Waals surface area contributed by atoms with Gasteiger partial charge in [0.15, 0.2) is 11.6 Å². The average Bonchev–Trinajstić information content (AvgIpc) is 2.44. The number of rotatable bonds is 5. The smallest absolute Gasteiger partial charge is 0.165 e. The molecular formula is C13H14ClFN4O. The lowest BCUT2D eigenvalue weighted by atomic mass is 10.1. The van der Waals surface area contributed by atoms with Crippen molar-refractivity contribution in [1.29, 1.82) is 0 Å². The molecule has 106 valence electrons. The molecule has 0 aliphatic heterocycles. The second-order valence-electron chi connectivity index (χ2n) is 4.07. The Morgan fingerprint density at radius 1 is 1.40 bits per heavy atom. The van der Waals surface area contributed by atoms with Gasteiger partial charge in [-0.25, -0.2) is 14.4 Å². The van der Waals surface area contributed by atoms with E-state index in [2.05, 4.69) is 15.3 Å². The molecule has 1 aromatic heterocycles. The molecular weight excluding hydrogens is 283 g/mol. The second kappa shape index (κ2) is 6.38. The summed E-state index contributed by atoms with van der Waals surface area (Å²) in [5, 5.41) is 3.32. The Hall–Kier alpha value is -2.08. The highest BCUT2D eigenvalue weighted by molar-refractivity contribution is 6.35.